The topological polar surface area (TPSA) is 54.9 Å². The summed E-state index contributed by atoms with van der Waals surface area (Å²) in [6.07, 6.45) is 3.17. The van der Waals surface area contributed by atoms with Gasteiger partial charge in [0.2, 0.25) is 11.0 Å². The molecule has 0 aliphatic rings. The first kappa shape index (κ1) is 16.0. The maximum atomic E-state index is 11.8. The molecule has 1 aromatic carbocycles. The highest BCUT2D eigenvalue weighted by molar-refractivity contribution is 8.01. The number of hydrogen-bond acceptors (Lipinski definition) is 5. The summed E-state index contributed by atoms with van der Waals surface area (Å²) in [6, 6.07) is 5.65. The molecule has 0 radical (unpaired) electrons. The van der Waals surface area contributed by atoms with E-state index in [9.17, 15) is 4.79 Å². The predicted molar refractivity (Wildman–Crippen MR) is 90.2 cm³/mol. The van der Waals surface area contributed by atoms with Crippen molar-refractivity contribution in [2.24, 2.45) is 0 Å². The number of hydrogen-bond donors (Lipinski definition) is 1. The van der Waals surface area contributed by atoms with E-state index in [1.807, 2.05) is 32.0 Å². The molecule has 1 amide bonds. The average Bonchev–Trinajstić information content (AvgIpc) is 2.88. The molecule has 0 aliphatic heterocycles. The summed E-state index contributed by atoms with van der Waals surface area (Å²) in [7, 11) is 0. The lowest BCUT2D eigenvalue weighted by Gasteiger charge is -1.99. The molecule has 2 aromatic rings. The summed E-state index contributed by atoms with van der Waals surface area (Å²) >= 11 is 9.00. The second kappa shape index (κ2) is 7.59. The van der Waals surface area contributed by atoms with E-state index in [-0.39, 0.29) is 5.91 Å². The lowest BCUT2D eigenvalue weighted by atomic mass is 10.1. The monoisotopic (exact) mass is 339 g/mol. The molecule has 2 rings (SSSR count). The molecular formula is C14H14ClN3OS2. The number of nitrogens with one attached hydrogen (secondary N) is 1. The maximum Gasteiger partial charge on any atom is 0.250 e. The largest absolute Gasteiger partial charge is 0.297 e. The van der Waals surface area contributed by atoms with Crippen LogP contribution >= 0.6 is 34.7 Å². The second-order valence-corrected chi connectivity index (χ2v) is 7.03. The smallest absolute Gasteiger partial charge is 0.250 e. The third-order valence-corrected chi connectivity index (χ3v) is 4.79. The molecule has 7 heteroatoms. The molecule has 0 saturated carbocycles. The molecule has 0 aliphatic carbocycles. The fraction of sp³-hybridized carbons (Fsp3) is 0.214. The maximum absolute atomic E-state index is 11.8. The van der Waals surface area contributed by atoms with Gasteiger partial charge in [0.05, 0.1) is 0 Å². The fourth-order valence-corrected chi connectivity index (χ4v) is 3.31. The molecule has 1 heterocycles. The third-order valence-electron chi connectivity index (χ3n) is 2.53. The van der Waals surface area contributed by atoms with Crippen LogP contribution in [0.3, 0.4) is 0 Å². The van der Waals surface area contributed by atoms with E-state index in [2.05, 4.69) is 15.5 Å². The first-order valence-corrected chi connectivity index (χ1v) is 8.48. The Morgan fingerprint density at radius 1 is 1.48 bits per heavy atom. The van der Waals surface area contributed by atoms with Gasteiger partial charge < -0.3 is 0 Å². The molecule has 21 heavy (non-hydrogen) atoms. The Bertz CT molecular complexity index is 670. The van der Waals surface area contributed by atoms with Gasteiger partial charge in [-0.25, -0.2) is 0 Å². The van der Waals surface area contributed by atoms with E-state index in [4.69, 9.17) is 11.6 Å². The Morgan fingerprint density at radius 2 is 2.29 bits per heavy atom. The van der Waals surface area contributed by atoms with Crippen LogP contribution in [0.4, 0.5) is 5.13 Å². The van der Waals surface area contributed by atoms with Gasteiger partial charge in [0.25, 0.3) is 0 Å². The molecule has 0 atom stereocenters. The number of rotatable bonds is 5. The van der Waals surface area contributed by atoms with Crippen LogP contribution in [-0.2, 0) is 4.79 Å². The van der Waals surface area contributed by atoms with Gasteiger partial charge in [-0.2, -0.15) is 0 Å². The molecule has 0 bridgehead atoms. The van der Waals surface area contributed by atoms with Crippen LogP contribution in [0.1, 0.15) is 18.1 Å². The van der Waals surface area contributed by atoms with Crippen LogP contribution in [0.2, 0.25) is 5.02 Å². The standard InChI is InChI=1S/C14H14ClN3OS2/c1-3-20-14-18-17-13(21-14)16-12(19)7-6-10-5-4-9(2)11(15)8-10/h4-8H,3H2,1-2H3,(H,16,17,19)/b7-6+. The number of carbonyl (C=O) groups is 1. The van der Waals surface area contributed by atoms with Crippen molar-refractivity contribution in [3.63, 3.8) is 0 Å². The number of aromatic nitrogens is 2. The van der Waals surface area contributed by atoms with Gasteiger partial charge in [-0.3, -0.25) is 10.1 Å². The number of aryl methyl sites for hydroxylation is 1. The summed E-state index contributed by atoms with van der Waals surface area (Å²) < 4.78 is 0.849. The minimum Gasteiger partial charge on any atom is -0.297 e. The second-order valence-electron chi connectivity index (χ2n) is 4.14. The average molecular weight is 340 g/mol. The molecule has 110 valence electrons. The van der Waals surface area contributed by atoms with Crippen molar-refractivity contribution < 1.29 is 4.79 Å². The minimum atomic E-state index is -0.240. The van der Waals surface area contributed by atoms with E-state index in [0.29, 0.717) is 10.2 Å². The van der Waals surface area contributed by atoms with Gasteiger partial charge in [0, 0.05) is 11.1 Å². The quantitative estimate of drug-likeness (QED) is 0.502. The molecular weight excluding hydrogens is 326 g/mol. The lowest BCUT2D eigenvalue weighted by Crippen LogP contribution is -2.07. The van der Waals surface area contributed by atoms with Crippen LogP contribution < -0.4 is 5.32 Å². The third kappa shape index (κ3) is 4.84. The fourth-order valence-electron chi connectivity index (χ4n) is 1.47. The Labute approximate surface area is 136 Å². The molecule has 0 unspecified atom stereocenters. The van der Waals surface area contributed by atoms with E-state index in [1.54, 1.807) is 17.8 Å². The van der Waals surface area contributed by atoms with Gasteiger partial charge in [0.15, 0.2) is 4.34 Å². The van der Waals surface area contributed by atoms with Gasteiger partial charge in [0.1, 0.15) is 0 Å². The predicted octanol–water partition coefficient (Wildman–Crippen LogP) is 4.26. The minimum absolute atomic E-state index is 0.240. The molecule has 1 aromatic heterocycles. The zero-order chi connectivity index (χ0) is 15.2. The molecule has 0 saturated heterocycles. The molecule has 1 N–H and O–H groups in total. The number of benzene rings is 1. The summed E-state index contributed by atoms with van der Waals surface area (Å²) in [4.78, 5) is 11.8. The van der Waals surface area contributed by atoms with Crippen molar-refractivity contribution >= 4 is 51.8 Å². The Kier molecular flexibility index (Phi) is 5.78. The number of nitrogens with zero attached hydrogens (tertiary/aromatic N) is 2. The summed E-state index contributed by atoms with van der Waals surface area (Å²) in [5.41, 5.74) is 1.88. The number of amides is 1. The first-order valence-electron chi connectivity index (χ1n) is 6.30. The van der Waals surface area contributed by atoms with Crippen LogP contribution in [-0.4, -0.2) is 21.9 Å². The van der Waals surface area contributed by atoms with E-state index >= 15 is 0 Å². The summed E-state index contributed by atoms with van der Waals surface area (Å²) in [5.74, 6) is 0.687. The first-order chi connectivity index (χ1) is 10.1. The van der Waals surface area contributed by atoms with Gasteiger partial charge >= 0.3 is 0 Å². The Hall–Kier alpha value is -1.37. The highest BCUT2D eigenvalue weighted by atomic mass is 35.5. The van der Waals surface area contributed by atoms with Gasteiger partial charge in [-0.1, -0.05) is 53.8 Å². The lowest BCUT2D eigenvalue weighted by molar-refractivity contribution is -0.111. The Balaban J connectivity index is 1.96. The van der Waals surface area contributed by atoms with E-state index in [1.165, 1.54) is 17.4 Å². The number of halogens is 1. The number of thioether (sulfide) groups is 1. The van der Waals surface area contributed by atoms with Gasteiger partial charge in [-0.15, -0.1) is 10.2 Å². The van der Waals surface area contributed by atoms with Crippen molar-refractivity contribution in [2.75, 3.05) is 11.1 Å². The van der Waals surface area contributed by atoms with Crippen LogP contribution in [0.15, 0.2) is 28.6 Å². The van der Waals surface area contributed by atoms with Gasteiger partial charge in [-0.05, 0) is 35.9 Å². The zero-order valence-corrected chi connectivity index (χ0v) is 14.0. The van der Waals surface area contributed by atoms with Crippen LogP contribution in [0.25, 0.3) is 6.08 Å². The SMILES string of the molecule is CCSc1nnc(NC(=O)/C=C/c2ccc(C)c(Cl)c2)s1. The van der Waals surface area contributed by atoms with Crippen LogP contribution in [0.5, 0.6) is 0 Å². The molecule has 4 nitrogen and oxygen atoms in total. The number of anilines is 1. The van der Waals surface area contributed by atoms with Crippen molar-refractivity contribution in [3.05, 3.63) is 40.4 Å². The van der Waals surface area contributed by atoms with Crippen molar-refractivity contribution in [1.29, 1.82) is 0 Å². The zero-order valence-electron chi connectivity index (χ0n) is 11.6. The Morgan fingerprint density at radius 3 is 3.00 bits per heavy atom. The van der Waals surface area contributed by atoms with Crippen LogP contribution in [0, 0.1) is 6.92 Å². The van der Waals surface area contributed by atoms with Crippen molar-refractivity contribution in [2.45, 2.75) is 18.2 Å². The number of carbonyl (C=O) groups excluding carboxylic acids is 1. The normalized spacial score (nSPS) is 11.0. The van der Waals surface area contributed by atoms with Crippen molar-refractivity contribution in [1.82, 2.24) is 10.2 Å². The molecule has 0 fully saturated rings. The van der Waals surface area contributed by atoms with Crippen molar-refractivity contribution in [3.8, 4) is 0 Å². The highest BCUT2D eigenvalue weighted by Crippen LogP contribution is 2.25. The summed E-state index contributed by atoms with van der Waals surface area (Å²) in [5, 5.41) is 11.8. The highest BCUT2D eigenvalue weighted by Gasteiger charge is 2.05. The van der Waals surface area contributed by atoms with E-state index in [0.717, 1.165) is 21.2 Å². The van der Waals surface area contributed by atoms with E-state index < -0.39 is 0 Å². The summed E-state index contributed by atoms with van der Waals surface area (Å²) in [6.45, 7) is 3.98. The molecule has 0 spiro atoms.